The Morgan fingerprint density at radius 2 is 1.55 bits per heavy atom. The number of pyridine rings is 1. The molecule has 0 spiro atoms. The number of unbranched alkanes of at least 4 members (excludes halogenated alkanes) is 15. The van der Waals surface area contributed by atoms with Gasteiger partial charge in [-0.2, -0.15) is 15.6 Å². The number of aromatic nitrogens is 4. The lowest BCUT2D eigenvalue weighted by Gasteiger charge is -2.29. The molecule has 2 aliphatic heterocycles. The van der Waals surface area contributed by atoms with E-state index in [0.717, 1.165) is 19.3 Å². The Labute approximate surface area is 354 Å². The zero-order valence-electron chi connectivity index (χ0n) is 35.5. The molecule has 17 heteroatoms. The van der Waals surface area contributed by atoms with Gasteiger partial charge in [0.25, 0.3) is 0 Å². The van der Waals surface area contributed by atoms with E-state index in [1.165, 1.54) is 96.0 Å². The molecule has 330 valence electrons. The van der Waals surface area contributed by atoms with Crippen LogP contribution in [0.1, 0.15) is 147 Å². The van der Waals surface area contributed by atoms with Crippen LogP contribution < -0.4 is 5.73 Å². The molecule has 2 fully saturated rings. The number of nitrogens with two attached hydrogens (primary N) is 1. The van der Waals surface area contributed by atoms with Crippen molar-refractivity contribution < 1.29 is 42.2 Å². The van der Waals surface area contributed by atoms with Crippen molar-refractivity contribution in [1.29, 1.82) is 10.5 Å². The molecule has 2 saturated heterocycles. The van der Waals surface area contributed by atoms with Gasteiger partial charge in [-0.05, 0) is 44.0 Å². The summed E-state index contributed by atoms with van der Waals surface area (Å²) in [5.74, 6) is -0.842. The van der Waals surface area contributed by atoms with Crippen LogP contribution in [0.4, 0.5) is 5.82 Å². The fourth-order valence-corrected chi connectivity index (χ4v) is 8.47. The van der Waals surface area contributed by atoms with Crippen LogP contribution in [0.25, 0.3) is 5.52 Å². The van der Waals surface area contributed by atoms with Crippen molar-refractivity contribution in [3.05, 3.63) is 53.7 Å². The Morgan fingerprint density at radius 1 is 0.883 bits per heavy atom. The number of fused-ring (bicyclic) bond motifs is 2. The quantitative estimate of drug-likeness (QED) is 0.0494. The molecule has 0 amide bonds. The SMILES string of the molecule is CCCCCCCCCCCCCCCCCCOC[C@H](COP(=O)(O)OCC1(C#N)OC(c2ccc3c(N)ncnn23)[C@@H]2OC(C)(C)O[C@@H]21)OCc1ccc(C#N)nc1. The summed E-state index contributed by atoms with van der Waals surface area (Å²) in [5.41, 5.74) is 6.22. The van der Waals surface area contributed by atoms with Gasteiger partial charge in [0.15, 0.2) is 11.6 Å². The molecule has 16 nitrogen and oxygen atoms in total. The summed E-state index contributed by atoms with van der Waals surface area (Å²) in [5, 5.41) is 23.9. The van der Waals surface area contributed by atoms with Crippen LogP contribution in [0, 0.1) is 22.7 Å². The van der Waals surface area contributed by atoms with E-state index < -0.39 is 50.2 Å². The maximum atomic E-state index is 13.4. The van der Waals surface area contributed by atoms with Gasteiger partial charge in [-0.3, -0.25) is 9.05 Å². The summed E-state index contributed by atoms with van der Waals surface area (Å²) in [4.78, 5) is 19.0. The van der Waals surface area contributed by atoms with Gasteiger partial charge in [0.05, 0.1) is 25.5 Å². The van der Waals surface area contributed by atoms with E-state index in [1.54, 1.807) is 42.6 Å². The van der Waals surface area contributed by atoms with E-state index in [4.69, 9.17) is 43.7 Å². The molecule has 5 heterocycles. The van der Waals surface area contributed by atoms with E-state index in [-0.39, 0.29) is 31.3 Å². The van der Waals surface area contributed by atoms with Crippen molar-refractivity contribution in [1.82, 2.24) is 19.6 Å². The van der Waals surface area contributed by atoms with Gasteiger partial charge < -0.3 is 34.3 Å². The molecule has 0 bridgehead atoms. The molecule has 2 aliphatic rings. The first-order valence-corrected chi connectivity index (χ1v) is 23.2. The Balaban J connectivity index is 1.07. The second-order valence-electron chi connectivity index (χ2n) is 16.3. The molecular weight excluding hydrogens is 789 g/mol. The van der Waals surface area contributed by atoms with Crippen molar-refractivity contribution >= 4 is 19.2 Å². The zero-order chi connectivity index (χ0) is 42.9. The Morgan fingerprint density at radius 3 is 2.17 bits per heavy atom. The first kappa shape index (κ1) is 47.5. The normalized spacial score (nSPS) is 22.3. The van der Waals surface area contributed by atoms with Crippen LogP contribution in [-0.4, -0.2) is 80.6 Å². The highest BCUT2D eigenvalue weighted by atomic mass is 31.2. The molecule has 3 aromatic heterocycles. The number of nitriles is 2. The summed E-state index contributed by atoms with van der Waals surface area (Å²) in [6, 6.07) is 10.9. The average molecular weight is 854 g/mol. The first-order valence-electron chi connectivity index (χ1n) is 21.7. The van der Waals surface area contributed by atoms with Crippen molar-refractivity contribution in [3.63, 3.8) is 0 Å². The lowest BCUT2D eigenvalue weighted by molar-refractivity contribution is -0.204. The first-order chi connectivity index (χ1) is 29.0. The molecule has 0 aliphatic carbocycles. The third-order valence-corrected chi connectivity index (χ3v) is 11.9. The topological polar surface area (TPSA) is 219 Å². The molecule has 3 N–H and O–H groups in total. The van der Waals surface area contributed by atoms with E-state index in [1.807, 2.05) is 6.07 Å². The fraction of sp³-hybridized carbons (Fsp3) is 0.698. The lowest BCUT2D eigenvalue weighted by atomic mass is 9.96. The highest BCUT2D eigenvalue weighted by molar-refractivity contribution is 7.47. The van der Waals surface area contributed by atoms with Gasteiger partial charge in [0.2, 0.25) is 5.60 Å². The predicted octanol–water partition coefficient (Wildman–Crippen LogP) is 8.43. The van der Waals surface area contributed by atoms with E-state index in [0.29, 0.717) is 23.4 Å². The van der Waals surface area contributed by atoms with Crippen molar-refractivity contribution in [2.45, 2.75) is 166 Å². The van der Waals surface area contributed by atoms with Crippen LogP contribution in [0.15, 0.2) is 36.8 Å². The minimum Gasteiger partial charge on any atom is -0.382 e. The smallest absolute Gasteiger partial charge is 0.382 e. The van der Waals surface area contributed by atoms with Crippen LogP contribution >= 0.6 is 7.82 Å². The summed E-state index contributed by atoms with van der Waals surface area (Å²) >= 11 is 0. The van der Waals surface area contributed by atoms with Gasteiger partial charge >= 0.3 is 7.82 Å². The summed E-state index contributed by atoms with van der Waals surface area (Å²) in [6.07, 6.45) is 19.9. The summed E-state index contributed by atoms with van der Waals surface area (Å²) < 4.78 is 56.4. The standard InChI is InChI=1S/C43H64N7O9P/c1-4-5-6-7-8-9-10-11-12-13-14-15-16-17-18-19-24-53-28-35(54-27-33-20-21-34(25-44)47-26-33)29-55-60(51,52)56-31-43(30-45)40-39(57-42(2,3)59-40)38(58-43)36-22-23-37-41(46)48-32-49-50(36)37/h20-23,26,32,35,38-40H,4-19,24,27-29,31H2,1-3H3,(H,51,52)(H2,46,48,49)/t35-,38?,39+,40+,43?/m1/s1. The third kappa shape index (κ3) is 14.0. The van der Waals surface area contributed by atoms with E-state index in [9.17, 15) is 14.7 Å². The van der Waals surface area contributed by atoms with E-state index in [2.05, 4.69) is 28.1 Å². The van der Waals surface area contributed by atoms with Crippen LogP contribution in [0.2, 0.25) is 0 Å². The van der Waals surface area contributed by atoms with Crippen LogP contribution in [-0.2, 0) is 43.9 Å². The number of phosphoric acid groups is 1. The Hall–Kier alpha value is -3.54. The minimum atomic E-state index is -4.79. The minimum absolute atomic E-state index is 0.0960. The van der Waals surface area contributed by atoms with E-state index >= 15 is 0 Å². The number of phosphoric ester groups is 1. The van der Waals surface area contributed by atoms with Gasteiger partial charge in [0, 0.05) is 12.8 Å². The Kier molecular flexibility index (Phi) is 18.7. The second-order valence-corrected chi connectivity index (χ2v) is 17.7. The molecule has 6 atom stereocenters. The maximum Gasteiger partial charge on any atom is 0.472 e. The van der Waals surface area contributed by atoms with Gasteiger partial charge in [-0.15, -0.1) is 0 Å². The van der Waals surface area contributed by atoms with Crippen molar-refractivity contribution in [2.24, 2.45) is 0 Å². The van der Waals surface area contributed by atoms with Crippen LogP contribution in [0.3, 0.4) is 0 Å². The lowest BCUT2D eigenvalue weighted by Crippen LogP contribution is -2.45. The molecule has 0 saturated carbocycles. The van der Waals surface area contributed by atoms with Crippen molar-refractivity contribution in [2.75, 3.05) is 32.2 Å². The number of nitrogens with zero attached hydrogens (tertiary/aromatic N) is 6. The second kappa shape index (κ2) is 23.6. The summed E-state index contributed by atoms with van der Waals surface area (Å²) in [6.45, 7) is 5.35. The number of nitrogen functional groups attached to an aromatic ring is 1. The molecule has 60 heavy (non-hydrogen) atoms. The van der Waals surface area contributed by atoms with Crippen molar-refractivity contribution in [3.8, 4) is 12.1 Å². The van der Waals surface area contributed by atoms with Gasteiger partial charge in [0.1, 0.15) is 60.7 Å². The van der Waals surface area contributed by atoms with Crippen LogP contribution in [0.5, 0.6) is 0 Å². The molecule has 5 rings (SSSR count). The predicted molar refractivity (Wildman–Crippen MR) is 223 cm³/mol. The molecule has 3 unspecified atom stereocenters. The average Bonchev–Trinajstić information content (AvgIpc) is 3.90. The number of hydrogen-bond acceptors (Lipinski definition) is 14. The summed E-state index contributed by atoms with van der Waals surface area (Å²) in [7, 11) is -4.79. The van der Waals surface area contributed by atoms with Gasteiger partial charge in [-0.25, -0.2) is 19.0 Å². The largest absolute Gasteiger partial charge is 0.472 e. The van der Waals surface area contributed by atoms with Gasteiger partial charge in [-0.1, -0.05) is 109 Å². The molecular formula is C43H64N7O9P. The third-order valence-electron chi connectivity index (χ3n) is 11.0. The number of ether oxygens (including phenoxy) is 5. The monoisotopic (exact) mass is 853 g/mol. The fourth-order valence-electron chi connectivity index (χ4n) is 7.68. The highest BCUT2D eigenvalue weighted by Crippen LogP contribution is 2.52. The Bertz CT molecular complexity index is 1880. The number of anilines is 1. The number of hydrogen-bond donors (Lipinski definition) is 2. The number of rotatable bonds is 29. The molecule has 3 aromatic rings. The zero-order valence-corrected chi connectivity index (χ0v) is 36.4. The molecule has 0 radical (unpaired) electrons. The highest BCUT2D eigenvalue weighted by Gasteiger charge is 2.65. The molecule has 0 aromatic carbocycles. The maximum absolute atomic E-state index is 13.4.